The summed E-state index contributed by atoms with van der Waals surface area (Å²) in [7, 11) is 0. The number of carboxylic acids is 1. The van der Waals surface area contributed by atoms with Gasteiger partial charge in [-0.15, -0.1) is 0 Å². The molecule has 0 fully saturated rings. The number of aromatic amines is 1. The number of hydrogen-bond acceptors (Lipinski definition) is 5. The summed E-state index contributed by atoms with van der Waals surface area (Å²) in [5.74, 6) is -1.13. The number of H-pyrrole nitrogens is 1. The highest BCUT2D eigenvalue weighted by atomic mass is 79.9. The van der Waals surface area contributed by atoms with Gasteiger partial charge in [0.2, 0.25) is 0 Å². The largest absolute Gasteiger partial charge is 0.480 e. The van der Waals surface area contributed by atoms with E-state index in [4.69, 9.17) is 5.11 Å². The van der Waals surface area contributed by atoms with Crippen LogP contribution in [0.2, 0.25) is 0 Å². The Morgan fingerprint density at radius 2 is 2.30 bits per heavy atom. The number of carbonyl (C=O) groups is 2. The molecule has 0 saturated carbocycles. The summed E-state index contributed by atoms with van der Waals surface area (Å²) in [6.45, 7) is 0. The quantitative estimate of drug-likeness (QED) is 0.643. The Kier molecular flexibility index (Phi) is 4.69. The number of urea groups is 1. The molecule has 0 aliphatic rings. The number of nitrogens with zero attached hydrogens (tertiary/aromatic N) is 2. The number of rotatable bonds is 5. The number of imidazole rings is 1. The maximum Gasteiger partial charge on any atom is 0.326 e. The Balaban J connectivity index is 1.94. The number of halogens is 1. The molecule has 0 spiro atoms. The molecular weight excluding hydrogens is 350 g/mol. The standard InChI is InChI=1S/C10H10BrN5O3S/c11-7-3-13-10(20-7)16-9(19)15-6(8(17)18)1-5-2-12-4-14-5/h2-4,6H,1H2,(H,12,14)(H,17,18)(H2,13,15,16,19)/t6-/m0/s1. The van der Waals surface area contributed by atoms with Crippen LogP contribution >= 0.6 is 27.3 Å². The number of thiazole rings is 1. The van der Waals surface area contributed by atoms with Crippen molar-refractivity contribution in [1.29, 1.82) is 0 Å². The van der Waals surface area contributed by atoms with Crippen LogP contribution in [0.25, 0.3) is 0 Å². The van der Waals surface area contributed by atoms with E-state index in [0.717, 1.165) is 3.79 Å². The predicted octanol–water partition coefficient (Wildman–Crippen LogP) is 1.45. The van der Waals surface area contributed by atoms with Gasteiger partial charge in [-0.25, -0.2) is 19.6 Å². The van der Waals surface area contributed by atoms with Crippen LogP contribution in [0.5, 0.6) is 0 Å². The molecule has 2 amide bonds. The lowest BCUT2D eigenvalue weighted by atomic mass is 10.2. The molecule has 2 rings (SSSR count). The molecule has 4 N–H and O–H groups in total. The van der Waals surface area contributed by atoms with Crippen molar-refractivity contribution in [3.63, 3.8) is 0 Å². The molecular formula is C10H10BrN5O3S. The molecule has 0 bridgehead atoms. The minimum absolute atomic E-state index is 0.115. The molecule has 10 heteroatoms. The summed E-state index contributed by atoms with van der Waals surface area (Å²) < 4.78 is 0.764. The third-order valence-electron chi connectivity index (χ3n) is 2.28. The predicted molar refractivity (Wildman–Crippen MR) is 75.7 cm³/mol. The smallest absolute Gasteiger partial charge is 0.326 e. The molecule has 8 nitrogen and oxygen atoms in total. The molecule has 0 aliphatic heterocycles. The molecule has 0 unspecified atom stereocenters. The number of amides is 2. The Labute approximate surface area is 125 Å². The highest BCUT2D eigenvalue weighted by Gasteiger charge is 2.21. The molecule has 2 heterocycles. The Morgan fingerprint density at radius 3 is 2.85 bits per heavy atom. The van der Waals surface area contributed by atoms with Crippen LogP contribution in [0, 0.1) is 0 Å². The number of carbonyl (C=O) groups excluding carboxylic acids is 1. The fourth-order valence-electron chi connectivity index (χ4n) is 1.42. The van der Waals surface area contributed by atoms with Crippen LogP contribution in [-0.2, 0) is 11.2 Å². The number of carboxylic acid groups (broad SMARTS) is 1. The van der Waals surface area contributed by atoms with Crippen molar-refractivity contribution in [2.75, 3.05) is 5.32 Å². The third kappa shape index (κ3) is 4.03. The van der Waals surface area contributed by atoms with Gasteiger partial charge in [-0.1, -0.05) is 11.3 Å². The van der Waals surface area contributed by atoms with Crippen molar-refractivity contribution in [1.82, 2.24) is 20.3 Å². The summed E-state index contributed by atoms with van der Waals surface area (Å²) in [5, 5.41) is 14.3. The zero-order valence-corrected chi connectivity index (χ0v) is 12.4. The van der Waals surface area contributed by atoms with Crippen LogP contribution in [0.3, 0.4) is 0 Å². The fourth-order valence-corrected chi connectivity index (χ4v) is 2.52. The summed E-state index contributed by atoms with van der Waals surface area (Å²) >= 11 is 4.44. The minimum atomic E-state index is -1.13. The zero-order chi connectivity index (χ0) is 14.5. The van der Waals surface area contributed by atoms with Crippen LogP contribution in [-0.4, -0.2) is 38.1 Å². The Morgan fingerprint density at radius 1 is 1.50 bits per heavy atom. The van der Waals surface area contributed by atoms with Gasteiger partial charge in [0.05, 0.1) is 16.3 Å². The molecule has 1 atom stereocenters. The summed E-state index contributed by atoms with van der Waals surface area (Å²) in [6.07, 6.45) is 4.61. The van der Waals surface area contributed by atoms with E-state index in [-0.39, 0.29) is 6.42 Å². The van der Waals surface area contributed by atoms with Crippen molar-refractivity contribution < 1.29 is 14.7 Å². The van der Waals surface area contributed by atoms with Gasteiger partial charge in [0, 0.05) is 18.3 Å². The molecule has 20 heavy (non-hydrogen) atoms. The van der Waals surface area contributed by atoms with E-state index >= 15 is 0 Å². The van der Waals surface area contributed by atoms with E-state index in [0.29, 0.717) is 10.8 Å². The van der Waals surface area contributed by atoms with Crippen LogP contribution in [0.15, 0.2) is 22.5 Å². The van der Waals surface area contributed by atoms with Gasteiger partial charge in [0.1, 0.15) is 6.04 Å². The highest BCUT2D eigenvalue weighted by molar-refractivity contribution is 9.11. The summed E-state index contributed by atoms with van der Waals surface area (Å²) in [4.78, 5) is 33.3. The monoisotopic (exact) mass is 359 g/mol. The number of nitrogens with one attached hydrogen (secondary N) is 3. The number of aromatic nitrogens is 3. The maximum atomic E-state index is 11.7. The van der Waals surface area contributed by atoms with Gasteiger partial charge in [-0.05, 0) is 15.9 Å². The zero-order valence-electron chi connectivity index (χ0n) is 9.96. The maximum absolute atomic E-state index is 11.7. The first-order valence-corrected chi connectivity index (χ1v) is 7.04. The molecule has 0 radical (unpaired) electrons. The lowest BCUT2D eigenvalue weighted by Gasteiger charge is -2.13. The number of aliphatic carboxylic acids is 1. The van der Waals surface area contributed by atoms with E-state index in [1.165, 1.54) is 23.9 Å². The molecule has 2 aromatic heterocycles. The third-order valence-corrected chi connectivity index (χ3v) is 3.67. The first kappa shape index (κ1) is 14.5. The molecule has 106 valence electrons. The second kappa shape index (κ2) is 6.48. The Bertz CT molecular complexity index is 600. The highest BCUT2D eigenvalue weighted by Crippen LogP contribution is 2.22. The van der Waals surface area contributed by atoms with Gasteiger partial charge in [-0.2, -0.15) is 0 Å². The van der Waals surface area contributed by atoms with E-state index in [1.54, 1.807) is 6.20 Å². The SMILES string of the molecule is O=C(Nc1ncc(Br)s1)N[C@@H](Cc1cnc[nH]1)C(=O)O. The van der Waals surface area contributed by atoms with E-state index in [2.05, 4.69) is 41.5 Å². The molecule has 0 aliphatic carbocycles. The lowest BCUT2D eigenvalue weighted by Crippen LogP contribution is -2.44. The second-order valence-electron chi connectivity index (χ2n) is 3.74. The molecule has 2 aromatic rings. The summed E-state index contributed by atoms with van der Waals surface area (Å²) in [5.41, 5.74) is 0.620. The Hall–Kier alpha value is -1.94. The topological polar surface area (TPSA) is 120 Å². The van der Waals surface area contributed by atoms with Crippen LogP contribution in [0.4, 0.5) is 9.93 Å². The lowest BCUT2D eigenvalue weighted by molar-refractivity contribution is -0.139. The van der Waals surface area contributed by atoms with Gasteiger partial charge < -0.3 is 15.4 Å². The fraction of sp³-hybridized carbons (Fsp3) is 0.200. The average Bonchev–Trinajstić information content (AvgIpc) is 3.00. The van der Waals surface area contributed by atoms with Gasteiger partial charge >= 0.3 is 12.0 Å². The summed E-state index contributed by atoms with van der Waals surface area (Å²) in [6, 6.07) is -1.68. The second-order valence-corrected chi connectivity index (χ2v) is 6.15. The molecule has 0 aromatic carbocycles. The van der Waals surface area contributed by atoms with Crippen molar-refractivity contribution in [2.45, 2.75) is 12.5 Å². The van der Waals surface area contributed by atoms with E-state index < -0.39 is 18.0 Å². The number of anilines is 1. The van der Waals surface area contributed by atoms with Gasteiger partial charge in [0.15, 0.2) is 5.13 Å². The first-order valence-electron chi connectivity index (χ1n) is 5.43. The van der Waals surface area contributed by atoms with Crippen molar-refractivity contribution in [2.24, 2.45) is 0 Å². The van der Waals surface area contributed by atoms with Crippen molar-refractivity contribution in [3.8, 4) is 0 Å². The number of hydrogen-bond donors (Lipinski definition) is 4. The van der Waals surface area contributed by atoms with Crippen molar-refractivity contribution in [3.05, 3.63) is 28.2 Å². The average molecular weight is 360 g/mol. The van der Waals surface area contributed by atoms with Crippen LogP contribution in [0.1, 0.15) is 5.69 Å². The van der Waals surface area contributed by atoms with Gasteiger partial charge in [-0.3, -0.25) is 5.32 Å². The van der Waals surface area contributed by atoms with Crippen molar-refractivity contribution >= 4 is 44.4 Å². The minimum Gasteiger partial charge on any atom is -0.480 e. The molecule has 0 saturated heterocycles. The normalized spacial score (nSPS) is 11.8. The van der Waals surface area contributed by atoms with Gasteiger partial charge in [0.25, 0.3) is 0 Å². The van der Waals surface area contributed by atoms with E-state index in [9.17, 15) is 9.59 Å². The van der Waals surface area contributed by atoms with Crippen LogP contribution < -0.4 is 10.6 Å². The first-order chi connectivity index (χ1) is 9.54. The van der Waals surface area contributed by atoms with E-state index in [1.807, 2.05) is 0 Å².